The van der Waals surface area contributed by atoms with Crippen molar-refractivity contribution >= 4 is 11.7 Å². The molecule has 2 saturated heterocycles. The summed E-state index contributed by atoms with van der Waals surface area (Å²) in [6.45, 7) is 6.80. The van der Waals surface area contributed by atoms with Gasteiger partial charge in [-0.1, -0.05) is 0 Å². The molecule has 0 spiro atoms. The van der Waals surface area contributed by atoms with Crippen LogP contribution in [0.25, 0.3) is 0 Å². The third-order valence-corrected chi connectivity index (χ3v) is 5.15. The van der Waals surface area contributed by atoms with Gasteiger partial charge in [-0.3, -0.25) is 4.79 Å². The maximum absolute atomic E-state index is 12.6. The highest BCUT2D eigenvalue weighted by atomic mass is 16.5. The zero-order chi connectivity index (χ0) is 15.8. The number of carbonyl (C=O) groups excluding carboxylic acids is 1. The minimum absolute atomic E-state index is 0.0394. The molecule has 1 aromatic heterocycles. The molecule has 0 aliphatic carbocycles. The van der Waals surface area contributed by atoms with Gasteiger partial charge >= 0.3 is 0 Å². The molecule has 4 rings (SSSR count). The van der Waals surface area contributed by atoms with E-state index < -0.39 is 0 Å². The van der Waals surface area contributed by atoms with Crippen LogP contribution in [-0.2, 0) is 22.5 Å². The molecule has 6 nitrogen and oxygen atoms in total. The van der Waals surface area contributed by atoms with E-state index in [2.05, 4.69) is 9.88 Å². The van der Waals surface area contributed by atoms with Crippen LogP contribution in [0.5, 0.6) is 0 Å². The SMILES string of the molecule is Cc1nc2c(c(N3CCCC3)n1)CCN(C(=O)C1CCOC1)C2. The molecule has 0 radical (unpaired) electrons. The summed E-state index contributed by atoms with van der Waals surface area (Å²) in [6, 6.07) is 0. The Morgan fingerprint density at radius 1 is 1.22 bits per heavy atom. The molecule has 4 heterocycles. The van der Waals surface area contributed by atoms with Crippen LogP contribution in [0.4, 0.5) is 5.82 Å². The predicted molar refractivity (Wildman–Crippen MR) is 86.3 cm³/mol. The molecule has 3 aliphatic heterocycles. The van der Waals surface area contributed by atoms with Gasteiger partial charge in [-0.2, -0.15) is 0 Å². The summed E-state index contributed by atoms with van der Waals surface area (Å²) in [5, 5.41) is 0. The lowest BCUT2D eigenvalue weighted by molar-refractivity contribution is -0.136. The average molecular weight is 316 g/mol. The van der Waals surface area contributed by atoms with Gasteiger partial charge in [-0.15, -0.1) is 0 Å². The molecule has 0 bridgehead atoms. The Labute approximate surface area is 136 Å². The van der Waals surface area contributed by atoms with Crippen LogP contribution in [0, 0.1) is 12.8 Å². The summed E-state index contributed by atoms with van der Waals surface area (Å²) in [6.07, 6.45) is 4.19. The molecule has 0 aromatic carbocycles. The average Bonchev–Trinajstić information content (AvgIpc) is 3.26. The van der Waals surface area contributed by atoms with Crippen molar-refractivity contribution in [2.75, 3.05) is 37.7 Å². The summed E-state index contributed by atoms with van der Waals surface area (Å²) < 4.78 is 5.36. The molecular formula is C17H24N4O2. The van der Waals surface area contributed by atoms with E-state index in [0.717, 1.165) is 49.8 Å². The number of hydrogen-bond donors (Lipinski definition) is 0. The van der Waals surface area contributed by atoms with E-state index in [9.17, 15) is 4.79 Å². The van der Waals surface area contributed by atoms with Gasteiger partial charge in [-0.05, 0) is 32.6 Å². The van der Waals surface area contributed by atoms with E-state index in [4.69, 9.17) is 9.72 Å². The van der Waals surface area contributed by atoms with E-state index in [0.29, 0.717) is 19.8 Å². The van der Waals surface area contributed by atoms with Crippen LogP contribution < -0.4 is 4.90 Å². The first-order chi connectivity index (χ1) is 11.2. The Morgan fingerprint density at radius 2 is 2.04 bits per heavy atom. The van der Waals surface area contributed by atoms with Crippen LogP contribution in [0.1, 0.15) is 36.3 Å². The van der Waals surface area contributed by atoms with Gasteiger partial charge in [0.05, 0.1) is 24.8 Å². The molecule has 6 heteroatoms. The Hall–Kier alpha value is -1.69. The van der Waals surface area contributed by atoms with E-state index in [1.807, 2.05) is 11.8 Å². The number of hydrogen-bond acceptors (Lipinski definition) is 5. The first kappa shape index (κ1) is 14.9. The van der Waals surface area contributed by atoms with Gasteiger partial charge in [0.15, 0.2) is 0 Å². The smallest absolute Gasteiger partial charge is 0.228 e. The van der Waals surface area contributed by atoms with Crippen LogP contribution in [0.2, 0.25) is 0 Å². The van der Waals surface area contributed by atoms with Crippen molar-refractivity contribution in [1.29, 1.82) is 0 Å². The number of amides is 1. The van der Waals surface area contributed by atoms with E-state index in [1.54, 1.807) is 0 Å². The van der Waals surface area contributed by atoms with Gasteiger partial charge in [0.1, 0.15) is 11.6 Å². The summed E-state index contributed by atoms with van der Waals surface area (Å²) in [5.74, 6) is 2.19. The van der Waals surface area contributed by atoms with Crippen molar-refractivity contribution in [3.05, 3.63) is 17.1 Å². The van der Waals surface area contributed by atoms with Crippen molar-refractivity contribution in [3.63, 3.8) is 0 Å². The molecule has 124 valence electrons. The minimum Gasteiger partial charge on any atom is -0.381 e. The van der Waals surface area contributed by atoms with Gasteiger partial charge in [-0.25, -0.2) is 9.97 Å². The maximum atomic E-state index is 12.6. The second-order valence-electron chi connectivity index (χ2n) is 6.78. The lowest BCUT2D eigenvalue weighted by atomic mass is 10.0. The number of aryl methyl sites for hydroxylation is 1. The Kier molecular flexibility index (Phi) is 3.93. The molecule has 3 aliphatic rings. The predicted octanol–water partition coefficient (Wildman–Crippen LogP) is 1.31. The zero-order valence-corrected chi connectivity index (χ0v) is 13.8. The Balaban J connectivity index is 1.58. The van der Waals surface area contributed by atoms with Gasteiger partial charge in [0.25, 0.3) is 0 Å². The van der Waals surface area contributed by atoms with Crippen molar-refractivity contribution in [2.24, 2.45) is 5.92 Å². The van der Waals surface area contributed by atoms with E-state index in [1.165, 1.54) is 18.4 Å². The number of fused-ring (bicyclic) bond motifs is 1. The zero-order valence-electron chi connectivity index (χ0n) is 13.8. The third-order valence-electron chi connectivity index (χ3n) is 5.15. The van der Waals surface area contributed by atoms with Crippen LogP contribution in [0.15, 0.2) is 0 Å². The highest BCUT2D eigenvalue weighted by molar-refractivity contribution is 5.79. The van der Waals surface area contributed by atoms with Crippen LogP contribution in [-0.4, -0.2) is 53.6 Å². The molecule has 1 atom stereocenters. The number of carbonyl (C=O) groups is 1. The number of aromatic nitrogens is 2. The summed E-state index contributed by atoms with van der Waals surface area (Å²) in [7, 11) is 0. The molecule has 0 N–H and O–H groups in total. The number of anilines is 1. The van der Waals surface area contributed by atoms with Gasteiger partial charge in [0, 0.05) is 31.8 Å². The fourth-order valence-electron chi connectivity index (χ4n) is 3.90. The highest BCUT2D eigenvalue weighted by Crippen LogP contribution is 2.29. The van der Waals surface area contributed by atoms with E-state index >= 15 is 0 Å². The van der Waals surface area contributed by atoms with Crippen molar-refractivity contribution in [1.82, 2.24) is 14.9 Å². The molecule has 1 aromatic rings. The lowest BCUT2D eigenvalue weighted by Gasteiger charge is -2.32. The standard InChI is InChI=1S/C17H24N4O2/c1-12-18-15-10-21(17(22)13-5-9-23-11-13)8-4-14(15)16(19-12)20-6-2-3-7-20/h13H,2-11H2,1H3. The first-order valence-electron chi connectivity index (χ1n) is 8.70. The molecule has 1 unspecified atom stereocenters. The topological polar surface area (TPSA) is 58.6 Å². The highest BCUT2D eigenvalue weighted by Gasteiger charge is 2.32. The Bertz CT molecular complexity index is 607. The summed E-state index contributed by atoms with van der Waals surface area (Å²) in [5.41, 5.74) is 2.29. The number of rotatable bonds is 2. The lowest BCUT2D eigenvalue weighted by Crippen LogP contribution is -2.41. The fourth-order valence-corrected chi connectivity index (χ4v) is 3.90. The minimum atomic E-state index is 0.0394. The largest absolute Gasteiger partial charge is 0.381 e. The molecule has 1 amide bonds. The molecular weight excluding hydrogens is 292 g/mol. The van der Waals surface area contributed by atoms with E-state index in [-0.39, 0.29) is 11.8 Å². The molecule has 2 fully saturated rings. The van der Waals surface area contributed by atoms with Crippen LogP contribution >= 0.6 is 0 Å². The van der Waals surface area contributed by atoms with Gasteiger partial charge < -0.3 is 14.5 Å². The molecule has 0 saturated carbocycles. The van der Waals surface area contributed by atoms with Crippen LogP contribution in [0.3, 0.4) is 0 Å². The quantitative estimate of drug-likeness (QED) is 0.823. The third kappa shape index (κ3) is 2.80. The van der Waals surface area contributed by atoms with Crippen molar-refractivity contribution in [2.45, 2.75) is 39.2 Å². The number of nitrogens with zero attached hydrogens (tertiary/aromatic N) is 4. The summed E-state index contributed by atoms with van der Waals surface area (Å²) >= 11 is 0. The number of ether oxygens (including phenoxy) is 1. The first-order valence-corrected chi connectivity index (χ1v) is 8.70. The fraction of sp³-hybridized carbons (Fsp3) is 0.706. The van der Waals surface area contributed by atoms with Crippen molar-refractivity contribution in [3.8, 4) is 0 Å². The second-order valence-corrected chi connectivity index (χ2v) is 6.78. The normalized spacial score (nSPS) is 24.1. The summed E-state index contributed by atoms with van der Waals surface area (Å²) in [4.78, 5) is 26.3. The molecule has 23 heavy (non-hydrogen) atoms. The Morgan fingerprint density at radius 3 is 2.78 bits per heavy atom. The maximum Gasteiger partial charge on any atom is 0.228 e. The monoisotopic (exact) mass is 316 g/mol. The second kappa shape index (κ2) is 6.07. The van der Waals surface area contributed by atoms with Gasteiger partial charge in [0.2, 0.25) is 5.91 Å². The van der Waals surface area contributed by atoms with Crippen molar-refractivity contribution < 1.29 is 9.53 Å².